The Morgan fingerprint density at radius 1 is 1.32 bits per heavy atom. The molecule has 6 nitrogen and oxygen atoms in total. The Kier molecular flexibility index (Phi) is 6.01. The first-order valence-corrected chi connectivity index (χ1v) is 9.19. The fourth-order valence-corrected chi connectivity index (χ4v) is 3.62. The molecule has 25 heavy (non-hydrogen) atoms. The standard InChI is InChI=1S/C18H23N3O3S/c1-13-20-16(14-3-5-15(23-2)6-4-14)17(25-13)18(22)19-7-8-21-9-11-24-12-10-21/h3-6H,7-12H2,1-2H3,(H,19,22). The van der Waals surface area contributed by atoms with Crippen LogP contribution in [-0.4, -0.2) is 62.3 Å². The molecule has 0 radical (unpaired) electrons. The highest BCUT2D eigenvalue weighted by Crippen LogP contribution is 2.29. The Hall–Kier alpha value is -1.96. The Morgan fingerprint density at radius 3 is 2.72 bits per heavy atom. The summed E-state index contributed by atoms with van der Waals surface area (Å²) < 4.78 is 10.5. The molecule has 0 unspecified atom stereocenters. The number of hydrogen-bond donors (Lipinski definition) is 1. The maximum Gasteiger partial charge on any atom is 0.263 e. The van der Waals surface area contributed by atoms with Crippen molar-refractivity contribution in [3.63, 3.8) is 0 Å². The monoisotopic (exact) mass is 361 g/mol. The number of nitrogens with zero attached hydrogens (tertiary/aromatic N) is 2. The molecule has 7 heteroatoms. The van der Waals surface area contributed by atoms with E-state index in [0.717, 1.165) is 54.9 Å². The van der Waals surface area contributed by atoms with Gasteiger partial charge in [-0.2, -0.15) is 0 Å². The van der Waals surface area contributed by atoms with E-state index in [9.17, 15) is 4.79 Å². The fraction of sp³-hybridized carbons (Fsp3) is 0.444. The van der Waals surface area contributed by atoms with Crippen LogP contribution in [0, 0.1) is 6.92 Å². The Balaban J connectivity index is 1.65. The lowest BCUT2D eigenvalue weighted by Crippen LogP contribution is -2.41. The summed E-state index contributed by atoms with van der Waals surface area (Å²) in [4.78, 5) is 20.1. The molecule has 134 valence electrons. The van der Waals surface area contributed by atoms with Crippen LogP contribution in [0.4, 0.5) is 0 Å². The van der Waals surface area contributed by atoms with Gasteiger partial charge < -0.3 is 14.8 Å². The minimum atomic E-state index is -0.0651. The number of aryl methyl sites for hydroxylation is 1. The summed E-state index contributed by atoms with van der Waals surface area (Å²) >= 11 is 1.43. The van der Waals surface area contributed by atoms with Gasteiger partial charge in [-0.15, -0.1) is 11.3 Å². The maximum absolute atomic E-state index is 12.6. The molecule has 2 heterocycles. The van der Waals surface area contributed by atoms with E-state index in [4.69, 9.17) is 9.47 Å². The number of hydrogen-bond acceptors (Lipinski definition) is 6. The summed E-state index contributed by atoms with van der Waals surface area (Å²) in [7, 11) is 1.63. The number of thiazole rings is 1. The summed E-state index contributed by atoms with van der Waals surface area (Å²) in [6.07, 6.45) is 0. The number of carbonyl (C=O) groups excluding carboxylic acids is 1. The van der Waals surface area contributed by atoms with Crippen LogP contribution >= 0.6 is 11.3 Å². The van der Waals surface area contributed by atoms with Gasteiger partial charge in [0.2, 0.25) is 0 Å². The summed E-state index contributed by atoms with van der Waals surface area (Å²) in [6, 6.07) is 7.62. The average molecular weight is 361 g/mol. The largest absolute Gasteiger partial charge is 0.497 e. The lowest BCUT2D eigenvalue weighted by atomic mass is 10.1. The predicted molar refractivity (Wildman–Crippen MR) is 98.4 cm³/mol. The third-order valence-electron chi connectivity index (χ3n) is 4.12. The zero-order valence-corrected chi connectivity index (χ0v) is 15.4. The van der Waals surface area contributed by atoms with Crippen molar-refractivity contribution in [1.82, 2.24) is 15.2 Å². The first kappa shape index (κ1) is 17.8. The van der Waals surface area contributed by atoms with E-state index < -0.39 is 0 Å². The molecule has 2 aromatic rings. The van der Waals surface area contributed by atoms with Crippen LogP contribution in [0.1, 0.15) is 14.7 Å². The van der Waals surface area contributed by atoms with E-state index in [-0.39, 0.29) is 5.91 Å². The van der Waals surface area contributed by atoms with Gasteiger partial charge in [-0.3, -0.25) is 9.69 Å². The molecular weight excluding hydrogens is 338 g/mol. The molecule has 0 atom stereocenters. The van der Waals surface area contributed by atoms with Crippen molar-refractivity contribution in [1.29, 1.82) is 0 Å². The number of carbonyl (C=O) groups is 1. The highest BCUT2D eigenvalue weighted by molar-refractivity contribution is 7.14. The molecule has 1 saturated heterocycles. The van der Waals surface area contributed by atoms with E-state index in [1.807, 2.05) is 31.2 Å². The van der Waals surface area contributed by atoms with E-state index in [1.54, 1.807) is 7.11 Å². The Bertz CT molecular complexity index is 709. The van der Waals surface area contributed by atoms with Crippen LogP contribution in [0.3, 0.4) is 0 Å². The normalized spacial score (nSPS) is 15.1. The number of morpholine rings is 1. The number of rotatable bonds is 6. The molecular formula is C18H23N3O3S. The highest BCUT2D eigenvalue weighted by Gasteiger charge is 2.18. The van der Waals surface area contributed by atoms with Crippen molar-refractivity contribution < 1.29 is 14.3 Å². The first-order chi connectivity index (χ1) is 12.2. The van der Waals surface area contributed by atoms with Gasteiger partial charge in [0.1, 0.15) is 10.6 Å². The molecule has 0 spiro atoms. The van der Waals surface area contributed by atoms with Crippen LogP contribution in [-0.2, 0) is 4.74 Å². The molecule has 1 aliphatic heterocycles. The average Bonchev–Trinajstić information content (AvgIpc) is 3.04. The number of amides is 1. The molecule has 0 saturated carbocycles. The van der Waals surface area contributed by atoms with Gasteiger partial charge in [-0.1, -0.05) is 0 Å². The smallest absolute Gasteiger partial charge is 0.263 e. The summed E-state index contributed by atoms with van der Waals surface area (Å²) in [5.74, 6) is 0.719. The Morgan fingerprint density at radius 2 is 2.04 bits per heavy atom. The molecule has 1 aromatic carbocycles. The summed E-state index contributed by atoms with van der Waals surface area (Å²) in [5, 5.41) is 3.90. The molecule has 1 aliphatic rings. The van der Waals surface area contributed by atoms with Gasteiger partial charge in [-0.25, -0.2) is 4.98 Å². The molecule has 1 amide bonds. The summed E-state index contributed by atoms with van der Waals surface area (Å²) in [6.45, 7) is 6.76. The van der Waals surface area contributed by atoms with Gasteiger partial charge in [0.05, 0.1) is 31.0 Å². The van der Waals surface area contributed by atoms with Gasteiger partial charge in [0.15, 0.2) is 0 Å². The minimum Gasteiger partial charge on any atom is -0.497 e. The van der Waals surface area contributed by atoms with Crippen LogP contribution in [0.5, 0.6) is 5.75 Å². The van der Waals surface area contributed by atoms with Crippen molar-refractivity contribution in [3.05, 3.63) is 34.2 Å². The minimum absolute atomic E-state index is 0.0651. The first-order valence-electron chi connectivity index (χ1n) is 8.37. The SMILES string of the molecule is COc1ccc(-c2nc(C)sc2C(=O)NCCN2CCOCC2)cc1. The van der Waals surface area contributed by atoms with Crippen molar-refractivity contribution in [2.45, 2.75) is 6.92 Å². The molecule has 1 N–H and O–H groups in total. The van der Waals surface area contributed by atoms with E-state index in [1.165, 1.54) is 11.3 Å². The van der Waals surface area contributed by atoms with Gasteiger partial charge in [-0.05, 0) is 31.2 Å². The van der Waals surface area contributed by atoms with Gasteiger partial charge in [0, 0.05) is 31.7 Å². The fourth-order valence-electron chi connectivity index (χ4n) is 2.76. The zero-order valence-electron chi connectivity index (χ0n) is 14.6. The molecule has 0 bridgehead atoms. The Labute approximate surface area is 151 Å². The van der Waals surface area contributed by atoms with Crippen LogP contribution < -0.4 is 10.1 Å². The lowest BCUT2D eigenvalue weighted by Gasteiger charge is -2.26. The van der Waals surface area contributed by atoms with Crippen molar-refractivity contribution in [2.75, 3.05) is 46.5 Å². The van der Waals surface area contributed by atoms with Gasteiger partial charge in [0.25, 0.3) is 5.91 Å². The molecule has 1 fully saturated rings. The molecule has 3 rings (SSSR count). The molecule has 0 aliphatic carbocycles. The van der Waals surface area contributed by atoms with Crippen molar-refractivity contribution in [2.24, 2.45) is 0 Å². The van der Waals surface area contributed by atoms with E-state index >= 15 is 0 Å². The number of methoxy groups -OCH3 is 1. The second-order valence-corrected chi connectivity index (χ2v) is 7.05. The third-order valence-corrected chi connectivity index (χ3v) is 5.09. The number of ether oxygens (including phenoxy) is 2. The topological polar surface area (TPSA) is 63.7 Å². The second-order valence-electron chi connectivity index (χ2n) is 5.85. The highest BCUT2D eigenvalue weighted by atomic mass is 32.1. The maximum atomic E-state index is 12.6. The second kappa shape index (κ2) is 8.42. The van der Waals surface area contributed by atoms with Crippen LogP contribution in [0.15, 0.2) is 24.3 Å². The number of benzene rings is 1. The van der Waals surface area contributed by atoms with Crippen LogP contribution in [0.2, 0.25) is 0 Å². The summed E-state index contributed by atoms with van der Waals surface area (Å²) in [5.41, 5.74) is 1.65. The van der Waals surface area contributed by atoms with E-state index in [0.29, 0.717) is 11.4 Å². The van der Waals surface area contributed by atoms with Crippen molar-refractivity contribution in [3.8, 4) is 17.0 Å². The third kappa shape index (κ3) is 4.56. The number of nitrogens with one attached hydrogen (secondary N) is 1. The van der Waals surface area contributed by atoms with Crippen LogP contribution in [0.25, 0.3) is 11.3 Å². The zero-order chi connectivity index (χ0) is 17.6. The van der Waals surface area contributed by atoms with Gasteiger partial charge >= 0.3 is 0 Å². The van der Waals surface area contributed by atoms with Crippen molar-refractivity contribution >= 4 is 17.2 Å². The molecule has 1 aromatic heterocycles. The lowest BCUT2D eigenvalue weighted by molar-refractivity contribution is 0.0383. The predicted octanol–water partition coefficient (Wildman–Crippen LogP) is 2.19. The quantitative estimate of drug-likeness (QED) is 0.854. The van der Waals surface area contributed by atoms with E-state index in [2.05, 4.69) is 15.2 Å². The number of aromatic nitrogens is 1.